The summed E-state index contributed by atoms with van der Waals surface area (Å²) in [5.74, 6) is 1.39. The zero-order valence-electron chi connectivity index (χ0n) is 10.6. The SMILES string of the molecule is N#CC(C#N)=Cc1ccc(COc2cc(Cl)ccc2Cl)o1. The molecule has 21 heavy (non-hydrogen) atoms. The minimum atomic E-state index is -0.0327. The fraction of sp³-hybridized carbons (Fsp3) is 0.0667. The molecule has 0 radical (unpaired) electrons. The molecule has 0 amide bonds. The third-order valence-electron chi connectivity index (χ3n) is 2.47. The van der Waals surface area contributed by atoms with Crippen molar-refractivity contribution >= 4 is 29.3 Å². The van der Waals surface area contributed by atoms with Gasteiger partial charge >= 0.3 is 0 Å². The largest absolute Gasteiger partial charge is 0.484 e. The Morgan fingerprint density at radius 1 is 1.19 bits per heavy atom. The molecular weight excluding hydrogens is 311 g/mol. The Bertz CT molecular complexity index is 751. The maximum absolute atomic E-state index is 8.67. The first-order valence-electron chi connectivity index (χ1n) is 5.81. The van der Waals surface area contributed by atoms with Gasteiger partial charge in [0.2, 0.25) is 0 Å². The van der Waals surface area contributed by atoms with E-state index >= 15 is 0 Å². The first-order chi connectivity index (χ1) is 10.1. The molecule has 0 atom stereocenters. The summed E-state index contributed by atoms with van der Waals surface area (Å²) < 4.78 is 10.9. The summed E-state index contributed by atoms with van der Waals surface area (Å²) in [5.41, 5.74) is -0.0327. The van der Waals surface area contributed by atoms with Crippen molar-refractivity contribution in [1.82, 2.24) is 0 Å². The molecule has 0 aliphatic carbocycles. The molecule has 104 valence electrons. The van der Waals surface area contributed by atoms with E-state index in [2.05, 4.69) is 0 Å². The molecule has 0 aliphatic rings. The van der Waals surface area contributed by atoms with Gasteiger partial charge in [0.25, 0.3) is 0 Å². The molecule has 0 saturated carbocycles. The molecule has 2 rings (SSSR count). The molecule has 1 aromatic carbocycles. The van der Waals surface area contributed by atoms with Crippen LogP contribution in [-0.2, 0) is 6.61 Å². The van der Waals surface area contributed by atoms with E-state index < -0.39 is 0 Å². The van der Waals surface area contributed by atoms with Crippen LogP contribution in [0.15, 0.2) is 40.3 Å². The minimum Gasteiger partial charge on any atom is -0.484 e. The highest BCUT2D eigenvalue weighted by Gasteiger charge is 2.06. The zero-order valence-corrected chi connectivity index (χ0v) is 12.1. The average Bonchev–Trinajstić information content (AvgIpc) is 2.93. The molecule has 0 spiro atoms. The number of rotatable bonds is 4. The number of ether oxygens (including phenoxy) is 1. The molecule has 0 unspecified atom stereocenters. The molecule has 0 aliphatic heterocycles. The summed E-state index contributed by atoms with van der Waals surface area (Å²) in [6.07, 6.45) is 1.36. The van der Waals surface area contributed by atoms with E-state index in [-0.39, 0.29) is 12.2 Å². The fourth-order valence-corrected chi connectivity index (χ4v) is 1.85. The Labute approximate surface area is 131 Å². The highest BCUT2D eigenvalue weighted by molar-refractivity contribution is 6.34. The Morgan fingerprint density at radius 2 is 1.95 bits per heavy atom. The third kappa shape index (κ3) is 4.03. The highest BCUT2D eigenvalue weighted by atomic mass is 35.5. The molecule has 0 bridgehead atoms. The second-order valence-electron chi connectivity index (χ2n) is 3.95. The minimum absolute atomic E-state index is 0.0327. The number of allylic oxidation sites excluding steroid dienone is 1. The van der Waals surface area contributed by atoms with Crippen LogP contribution in [0.4, 0.5) is 0 Å². The number of halogens is 2. The van der Waals surface area contributed by atoms with Gasteiger partial charge in [0.05, 0.1) is 5.02 Å². The predicted octanol–water partition coefficient (Wildman–Crippen LogP) is 4.60. The summed E-state index contributed by atoms with van der Waals surface area (Å²) in [7, 11) is 0. The molecule has 0 saturated heterocycles. The molecule has 0 N–H and O–H groups in total. The van der Waals surface area contributed by atoms with E-state index in [0.717, 1.165) is 0 Å². The van der Waals surface area contributed by atoms with Crippen molar-refractivity contribution in [2.24, 2.45) is 0 Å². The van der Waals surface area contributed by atoms with Crippen molar-refractivity contribution in [3.05, 3.63) is 57.5 Å². The van der Waals surface area contributed by atoms with Crippen LogP contribution in [0.3, 0.4) is 0 Å². The van der Waals surface area contributed by atoms with Crippen LogP contribution >= 0.6 is 23.2 Å². The van der Waals surface area contributed by atoms with Gasteiger partial charge in [0.15, 0.2) is 0 Å². The lowest BCUT2D eigenvalue weighted by molar-refractivity contribution is 0.269. The van der Waals surface area contributed by atoms with E-state index in [4.69, 9.17) is 42.9 Å². The smallest absolute Gasteiger partial charge is 0.146 e. The maximum atomic E-state index is 8.67. The molecule has 4 nitrogen and oxygen atoms in total. The number of furan rings is 1. The van der Waals surface area contributed by atoms with Crippen LogP contribution in [0.2, 0.25) is 10.0 Å². The van der Waals surface area contributed by atoms with Crippen LogP contribution in [0, 0.1) is 22.7 Å². The number of hydrogen-bond donors (Lipinski definition) is 0. The normalized spacial score (nSPS) is 9.52. The van der Waals surface area contributed by atoms with Gasteiger partial charge in [-0.3, -0.25) is 0 Å². The summed E-state index contributed by atoms with van der Waals surface area (Å²) in [6, 6.07) is 11.8. The molecule has 6 heteroatoms. The number of nitriles is 2. The number of hydrogen-bond acceptors (Lipinski definition) is 4. The first kappa shape index (κ1) is 15.0. The fourth-order valence-electron chi connectivity index (χ4n) is 1.52. The third-order valence-corrected chi connectivity index (χ3v) is 3.02. The monoisotopic (exact) mass is 318 g/mol. The van der Waals surface area contributed by atoms with Gasteiger partial charge in [-0.25, -0.2) is 0 Å². The van der Waals surface area contributed by atoms with Gasteiger partial charge in [-0.15, -0.1) is 0 Å². The van der Waals surface area contributed by atoms with Crippen molar-refractivity contribution in [2.45, 2.75) is 6.61 Å². The maximum Gasteiger partial charge on any atom is 0.146 e. The second-order valence-corrected chi connectivity index (χ2v) is 4.79. The van der Waals surface area contributed by atoms with Crippen LogP contribution in [-0.4, -0.2) is 0 Å². The number of benzene rings is 1. The van der Waals surface area contributed by atoms with Gasteiger partial charge in [-0.1, -0.05) is 23.2 Å². The van der Waals surface area contributed by atoms with Crippen LogP contribution in [0.1, 0.15) is 11.5 Å². The lowest BCUT2D eigenvalue weighted by atomic mass is 10.3. The first-order valence-corrected chi connectivity index (χ1v) is 6.56. The Morgan fingerprint density at radius 3 is 2.67 bits per heavy atom. The molecule has 1 heterocycles. The molecular formula is C15H8Cl2N2O2. The van der Waals surface area contributed by atoms with E-state index in [1.807, 2.05) is 0 Å². The topological polar surface area (TPSA) is 70.0 Å². The molecule has 0 fully saturated rings. The van der Waals surface area contributed by atoms with Crippen molar-refractivity contribution < 1.29 is 9.15 Å². The summed E-state index contributed by atoms with van der Waals surface area (Å²) in [5, 5.41) is 18.3. The molecule has 2 aromatic rings. The Kier molecular flexibility index (Phi) is 4.90. The summed E-state index contributed by atoms with van der Waals surface area (Å²) in [6.45, 7) is 0.155. The highest BCUT2D eigenvalue weighted by Crippen LogP contribution is 2.28. The quantitative estimate of drug-likeness (QED) is 0.772. The molecule has 1 aromatic heterocycles. The van der Waals surface area contributed by atoms with E-state index in [0.29, 0.717) is 27.3 Å². The van der Waals surface area contributed by atoms with Crippen molar-refractivity contribution in [3.63, 3.8) is 0 Å². The number of nitrogens with zero attached hydrogens (tertiary/aromatic N) is 2. The standard InChI is InChI=1S/C15H8Cl2N2O2/c16-11-1-4-14(17)15(6-11)20-9-13-3-2-12(21-13)5-10(7-18)8-19/h1-6H,9H2. The summed E-state index contributed by atoms with van der Waals surface area (Å²) in [4.78, 5) is 0. The van der Waals surface area contributed by atoms with Gasteiger partial charge in [-0.05, 0) is 24.3 Å². The Hall–Kier alpha value is -2.40. The van der Waals surface area contributed by atoms with Gasteiger partial charge < -0.3 is 9.15 Å². The summed E-state index contributed by atoms with van der Waals surface area (Å²) >= 11 is 11.8. The van der Waals surface area contributed by atoms with E-state index in [1.54, 1.807) is 42.5 Å². The Balaban J connectivity index is 2.07. The van der Waals surface area contributed by atoms with E-state index in [9.17, 15) is 0 Å². The second kappa shape index (κ2) is 6.85. The van der Waals surface area contributed by atoms with Crippen molar-refractivity contribution in [3.8, 4) is 17.9 Å². The lowest BCUT2D eigenvalue weighted by Gasteiger charge is -2.06. The van der Waals surface area contributed by atoms with Crippen LogP contribution in [0.25, 0.3) is 6.08 Å². The van der Waals surface area contributed by atoms with Gasteiger partial charge in [0.1, 0.15) is 41.6 Å². The van der Waals surface area contributed by atoms with Crippen molar-refractivity contribution in [1.29, 1.82) is 10.5 Å². The average molecular weight is 319 g/mol. The van der Waals surface area contributed by atoms with Gasteiger partial charge in [-0.2, -0.15) is 10.5 Å². The van der Waals surface area contributed by atoms with Crippen LogP contribution in [0.5, 0.6) is 5.75 Å². The van der Waals surface area contributed by atoms with Crippen LogP contribution < -0.4 is 4.74 Å². The predicted molar refractivity (Wildman–Crippen MR) is 78.7 cm³/mol. The van der Waals surface area contributed by atoms with E-state index in [1.165, 1.54) is 6.08 Å². The zero-order chi connectivity index (χ0) is 15.2. The lowest BCUT2D eigenvalue weighted by Crippen LogP contribution is -1.94. The van der Waals surface area contributed by atoms with Gasteiger partial charge in [0, 0.05) is 17.2 Å². The van der Waals surface area contributed by atoms with Crippen molar-refractivity contribution in [2.75, 3.05) is 0 Å².